The molecule has 2 heterocycles. The van der Waals surface area contributed by atoms with Crippen LogP contribution >= 0.6 is 0 Å². The molecular formula is C18H28N4O. The molecule has 3 rings (SSSR count). The van der Waals surface area contributed by atoms with Crippen molar-refractivity contribution in [1.82, 2.24) is 9.80 Å². The predicted octanol–water partition coefficient (Wildman–Crippen LogP) is 2.70. The lowest BCUT2D eigenvalue weighted by Gasteiger charge is -2.33. The lowest BCUT2D eigenvalue weighted by atomic mass is 9.99. The second-order valence-electron chi connectivity index (χ2n) is 6.94. The molecule has 0 aliphatic carbocycles. The first-order valence-electron chi connectivity index (χ1n) is 8.71. The molecule has 0 bridgehead atoms. The number of piperidine rings is 1. The molecule has 2 aliphatic heterocycles. The van der Waals surface area contributed by atoms with Crippen molar-refractivity contribution in [3.8, 4) is 0 Å². The summed E-state index contributed by atoms with van der Waals surface area (Å²) in [6.45, 7) is 8.08. The Kier molecular flexibility index (Phi) is 5.06. The summed E-state index contributed by atoms with van der Waals surface area (Å²) in [5.74, 6) is 0.841. The van der Waals surface area contributed by atoms with Crippen LogP contribution in [0.25, 0.3) is 0 Å². The number of hydrogen-bond donors (Lipinski definition) is 1. The zero-order chi connectivity index (χ0) is 16.2. The van der Waals surface area contributed by atoms with Crippen LogP contribution in [0.15, 0.2) is 24.3 Å². The summed E-state index contributed by atoms with van der Waals surface area (Å²) in [5.41, 5.74) is 2.14. The lowest BCUT2D eigenvalue weighted by molar-refractivity contribution is 0.164. The molecule has 126 valence electrons. The maximum Gasteiger partial charge on any atom is 0.321 e. The fraction of sp³-hybridized carbons (Fsp3) is 0.611. The Morgan fingerprint density at radius 2 is 1.61 bits per heavy atom. The van der Waals surface area contributed by atoms with Crippen molar-refractivity contribution in [3.05, 3.63) is 24.3 Å². The van der Waals surface area contributed by atoms with Gasteiger partial charge in [-0.3, -0.25) is 0 Å². The number of amides is 2. The maximum absolute atomic E-state index is 12.3. The Balaban J connectivity index is 1.54. The number of anilines is 2. The van der Waals surface area contributed by atoms with Crippen LogP contribution in [0.3, 0.4) is 0 Å². The quantitative estimate of drug-likeness (QED) is 0.912. The summed E-state index contributed by atoms with van der Waals surface area (Å²) < 4.78 is 0. The minimum Gasteiger partial charge on any atom is -0.372 e. The Morgan fingerprint density at radius 1 is 1.00 bits per heavy atom. The first-order valence-corrected chi connectivity index (χ1v) is 8.71. The van der Waals surface area contributed by atoms with E-state index in [-0.39, 0.29) is 6.03 Å². The van der Waals surface area contributed by atoms with Crippen LogP contribution < -0.4 is 10.2 Å². The predicted molar refractivity (Wildman–Crippen MR) is 95.1 cm³/mol. The smallest absolute Gasteiger partial charge is 0.321 e. The van der Waals surface area contributed by atoms with E-state index < -0.39 is 0 Å². The van der Waals surface area contributed by atoms with Crippen molar-refractivity contribution in [3.63, 3.8) is 0 Å². The fourth-order valence-corrected chi connectivity index (χ4v) is 3.23. The molecule has 1 aromatic rings. The Hall–Kier alpha value is -1.75. The molecule has 2 amide bonds. The molecular weight excluding hydrogens is 288 g/mol. The van der Waals surface area contributed by atoms with Gasteiger partial charge in [-0.15, -0.1) is 0 Å². The molecule has 1 aromatic carbocycles. The highest BCUT2D eigenvalue weighted by molar-refractivity contribution is 5.89. The second kappa shape index (κ2) is 7.21. The molecule has 0 aromatic heterocycles. The molecule has 0 saturated carbocycles. The summed E-state index contributed by atoms with van der Waals surface area (Å²) >= 11 is 0. The first kappa shape index (κ1) is 16.1. The van der Waals surface area contributed by atoms with Gasteiger partial charge >= 0.3 is 6.03 Å². The Bertz CT molecular complexity index is 514. The Labute approximate surface area is 139 Å². The van der Waals surface area contributed by atoms with Crippen molar-refractivity contribution in [2.75, 3.05) is 56.5 Å². The van der Waals surface area contributed by atoms with E-state index >= 15 is 0 Å². The van der Waals surface area contributed by atoms with Crippen LogP contribution in [0.2, 0.25) is 0 Å². The first-order chi connectivity index (χ1) is 11.1. The molecule has 2 saturated heterocycles. The molecule has 1 N–H and O–H groups in total. The number of hydrogen-bond acceptors (Lipinski definition) is 3. The molecule has 0 atom stereocenters. The van der Waals surface area contributed by atoms with Crippen LogP contribution in [0.5, 0.6) is 0 Å². The van der Waals surface area contributed by atoms with Gasteiger partial charge in [0.15, 0.2) is 0 Å². The third-order valence-corrected chi connectivity index (χ3v) is 5.06. The van der Waals surface area contributed by atoms with E-state index in [4.69, 9.17) is 0 Å². The number of nitrogens with one attached hydrogen (secondary N) is 1. The van der Waals surface area contributed by atoms with E-state index in [0.29, 0.717) is 0 Å². The van der Waals surface area contributed by atoms with Crippen molar-refractivity contribution < 1.29 is 4.79 Å². The molecule has 2 fully saturated rings. The van der Waals surface area contributed by atoms with Gasteiger partial charge in [0.1, 0.15) is 0 Å². The molecule has 5 nitrogen and oxygen atoms in total. The van der Waals surface area contributed by atoms with E-state index in [9.17, 15) is 4.79 Å². The summed E-state index contributed by atoms with van der Waals surface area (Å²) in [5, 5.41) is 3.01. The summed E-state index contributed by atoms with van der Waals surface area (Å²) in [6.07, 6.45) is 2.53. The van der Waals surface area contributed by atoms with Crippen LogP contribution in [-0.2, 0) is 0 Å². The normalized spacial score (nSPS) is 20.6. The van der Waals surface area contributed by atoms with E-state index in [1.165, 1.54) is 18.5 Å². The average molecular weight is 316 g/mol. The van der Waals surface area contributed by atoms with Crippen LogP contribution in [-0.4, -0.2) is 62.1 Å². The molecule has 0 radical (unpaired) electrons. The van der Waals surface area contributed by atoms with Crippen molar-refractivity contribution in [2.24, 2.45) is 5.92 Å². The maximum atomic E-state index is 12.3. The summed E-state index contributed by atoms with van der Waals surface area (Å²) in [7, 11) is 2.09. The standard InChI is InChI=1S/C18H28N4O/c1-15-7-9-21(10-8-15)17-5-3-16(4-6-17)19-18(23)22-13-11-20(2)12-14-22/h3-6,15H,7-14H2,1-2H3,(H,19,23). The minimum absolute atomic E-state index is 0.0117. The monoisotopic (exact) mass is 316 g/mol. The molecule has 0 spiro atoms. The third-order valence-electron chi connectivity index (χ3n) is 5.06. The van der Waals surface area contributed by atoms with Crippen molar-refractivity contribution >= 4 is 17.4 Å². The van der Waals surface area contributed by atoms with Crippen molar-refractivity contribution in [1.29, 1.82) is 0 Å². The summed E-state index contributed by atoms with van der Waals surface area (Å²) in [6, 6.07) is 8.28. The molecule has 0 unspecified atom stereocenters. The Morgan fingerprint density at radius 3 is 2.22 bits per heavy atom. The topological polar surface area (TPSA) is 38.8 Å². The average Bonchev–Trinajstić information content (AvgIpc) is 2.57. The van der Waals surface area contributed by atoms with E-state index in [0.717, 1.165) is 50.9 Å². The van der Waals surface area contributed by atoms with Gasteiger partial charge < -0.3 is 20.0 Å². The zero-order valence-electron chi connectivity index (χ0n) is 14.3. The highest BCUT2D eigenvalue weighted by atomic mass is 16.2. The van der Waals surface area contributed by atoms with Crippen LogP contribution in [0, 0.1) is 5.92 Å². The number of piperazine rings is 1. The van der Waals surface area contributed by atoms with Crippen molar-refractivity contribution in [2.45, 2.75) is 19.8 Å². The second-order valence-corrected chi connectivity index (χ2v) is 6.94. The van der Waals surface area contributed by atoms with Gasteiger partial charge in [-0.1, -0.05) is 6.92 Å². The van der Waals surface area contributed by atoms with Gasteiger partial charge in [0.25, 0.3) is 0 Å². The van der Waals surface area contributed by atoms with Gasteiger partial charge in [-0.05, 0) is 50.1 Å². The van der Waals surface area contributed by atoms with Crippen LogP contribution in [0.1, 0.15) is 19.8 Å². The number of nitrogens with zero attached hydrogens (tertiary/aromatic N) is 3. The SMILES string of the molecule is CC1CCN(c2ccc(NC(=O)N3CCN(C)CC3)cc2)CC1. The van der Waals surface area contributed by atoms with E-state index in [2.05, 4.69) is 41.2 Å². The largest absolute Gasteiger partial charge is 0.372 e. The number of rotatable bonds is 2. The number of benzene rings is 1. The zero-order valence-corrected chi connectivity index (χ0v) is 14.3. The molecule has 23 heavy (non-hydrogen) atoms. The lowest BCUT2D eigenvalue weighted by Crippen LogP contribution is -2.48. The highest BCUT2D eigenvalue weighted by Gasteiger charge is 2.19. The number of carbonyl (C=O) groups is 1. The van der Waals surface area contributed by atoms with Gasteiger partial charge in [-0.2, -0.15) is 0 Å². The molecule has 2 aliphatic rings. The minimum atomic E-state index is 0.0117. The third kappa shape index (κ3) is 4.16. The highest BCUT2D eigenvalue weighted by Crippen LogP contribution is 2.24. The molecule has 5 heteroatoms. The van der Waals surface area contributed by atoms with Crippen LogP contribution in [0.4, 0.5) is 16.2 Å². The van der Waals surface area contributed by atoms with Gasteiger partial charge in [0, 0.05) is 50.6 Å². The number of likely N-dealkylation sites (N-methyl/N-ethyl adjacent to an activating group) is 1. The number of urea groups is 1. The summed E-state index contributed by atoms with van der Waals surface area (Å²) in [4.78, 5) is 18.9. The number of carbonyl (C=O) groups excluding carboxylic acids is 1. The van der Waals surface area contributed by atoms with Gasteiger partial charge in [-0.25, -0.2) is 4.79 Å². The van der Waals surface area contributed by atoms with E-state index in [1.54, 1.807) is 0 Å². The van der Waals surface area contributed by atoms with Gasteiger partial charge in [0.05, 0.1) is 0 Å². The fourth-order valence-electron chi connectivity index (χ4n) is 3.23. The van der Waals surface area contributed by atoms with Gasteiger partial charge in [0.2, 0.25) is 0 Å². The van der Waals surface area contributed by atoms with E-state index in [1.807, 2.05) is 17.0 Å².